The van der Waals surface area contributed by atoms with Gasteiger partial charge in [0.25, 0.3) is 0 Å². The van der Waals surface area contributed by atoms with Gasteiger partial charge in [-0.05, 0) is 19.4 Å². The second-order valence-corrected chi connectivity index (χ2v) is 8.44. The van der Waals surface area contributed by atoms with Gasteiger partial charge in [-0.15, -0.1) is 0 Å². The van der Waals surface area contributed by atoms with Crippen LogP contribution in [-0.2, 0) is 21.1 Å². The molecule has 1 aromatic rings. The van der Waals surface area contributed by atoms with Gasteiger partial charge in [0.1, 0.15) is 6.54 Å². The van der Waals surface area contributed by atoms with Gasteiger partial charge in [0.15, 0.2) is 12.4 Å². The van der Waals surface area contributed by atoms with E-state index in [1.54, 1.807) is 0 Å². The van der Waals surface area contributed by atoms with Crippen LogP contribution in [0.3, 0.4) is 0 Å². The molecule has 0 atom stereocenters. The zero-order valence-corrected chi connectivity index (χ0v) is 19.0. The van der Waals surface area contributed by atoms with Crippen LogP contribution in [0.2, 0.25) is 0 Å². The molecule has 1 rings (SSSR count). The lowest BCUT2D eigenvalue weighted by Gasteiger charge is -2.06. The van der Waals surface area contributed by atoms with Crippen molar-refractivity contribution in [2.75, 3.05) is 6.61 Å². The second kappa shape index (κ2) is 18.1. The predicted molar refractivity (Wildman–Crippen MR) is 114 cm³/mol. The Morgan fingerprint density at radius 1 is 0.893 bits per heavy atom. The first kappa shape index (κ1) is 27.0. The molecule has 0 fully saturated rings. The lowest BCUT2D eigenvalue weighted by Crippen LogP contribution is -2.32. The number of unbranched alkanes of at least 4 members (excludes halogenated alkanes) is 10. The summed E-state index contributed by atoms with van der Waals surface area (Å²) in [7, 11) is -4.48. The van der Waals surface area contributed by atoms with Crippen LogP contribution in [0.25, 0.3) is 0 Å². The van der Waals surface area contributed by atoms with Crippen LogP contribution in [-0.4, -0.2) is 19.6 Å². The Morgan fingerprint density at radius 3 is 1.93 bits per heavy atom. The molecule has 0 aliphatic heterocycles. The molecule has 0 radical (unpaired) electrons. The standard InChI is InChI=1S/C12H26O4S.C10H16N/c1-2-3-4-5-6-7-8-9-10-11-12-16-17(13,14)15;1-3-4-7-11-8-5-6-10(2)9-11/h2-12H2,1H3,(H,13,14,15);5-6,8-9H,3-4,7H2,1-2H3/q;+1/p-1. The number of hydrogen-bond acceptors (Lipinski definition) is 4. The number of rotatable bonds is 15. The van der Waals surface area contributed by atoms with Gasteiger partial charge in [0, 0.05) is 18.1 Å². The summed E-state index contributed by atoms with van der Waals surface area (Å²) in [6.07, 6.45) is 18.6. The lowest BCUT2D eigenvalue weighted by atomic mass is 10.1. The Balaban J connectivity index is 0.000000567. The van der Waals surface area contributed by atoms with E-state index in [2.05, 4.69) is 54.0 Å². The van der Waals surface area contributed by atoms with Gasteiger partial charge < -0.3 is 4.55 Å². The Hall–Kier alpha value is -0.980. The van der Waals surface area contributed by atoms with Crippen LogP contribution in [0, 0.1) is 6.92 Å². The Bertz CT molecular complexity index is 576. The maximum absolute atomic E-state index is 10.1. The third-order valence-corrected chi connectivity index (χ3v) is 4.96. The van der Waals surface area contributed by atoms with E-state index in [-0.39, 0.29) is 6.61 Å². The van der Waals surface area contributed by atoms with Gasteiger partial charge in [0.05, 0.1) is 6.61 Å². The SMILES string of the molecule is CCCCCCCCCCCCOS(=O)(=O)[O-].CCCC[n+]1cccc(C)c1. The van der Waals surface area contributed by atoms with Crippen molar-refractivity contribution in [2.24, 2.45) is 0 Å². The van der Waals surface area contributed by atoms with Crippen LogP contribution in [0.1, 0.15) is 96.5 Å². The first-order valence-electron chi connectivity index (χ1n) is 10.9. The number of aryl methyl sites for hydroxylation is 2. The van der Waals surface area contributed by atoms with Crippen LogP contribution < -0.4 is 4.57 Å². The zero-order valence-electron chi connectivity index (χ0n) is 18.2. The van der Waals surface area contributed by atoms with Gasteiger partial charge in [-0.2, -0.15) is 0 Å². The van der Waals surface area contributed by atoms with Crippen LogP contribution in [0.4, 0.5) is 0 Å². The van der Waals surface area contributed by atoms with Crippen molar-refractivity contribution in [2.45, 2.75) is 104 Å². The molecule has 6 heteroatoms. The second-order valence-electron chi connectivity index (χ2n) is 7.38. The Morgan fingerprint density at radius 2 is 1.43 bits per heavy atom. The fourth-order valence-electron chi connectivity index (χ4n) is 2.88. The van der Waals surface area contributed by atoms with Crippen molar-refractivity contribution in [3.63, 3.8) is 0 Å². The van der Waals surface area contributed by atoms with E-state index in [9.17, 15) is 13.0 Å². The van der Waals surface area contributed by atoms with Gasteiger partial charge in [-0.3, -0.25) is 4.18 Å². The molecule has 0 saturated heterocycles. The third-order valence-electron chi connectivity index (χ3n) is 4.50. The van der Waals surface area contributed by atoms with Gasteiger partial charge >= 0.3 is 0 Å². The molecule has 1 heterocycles. The molecule has 0 aliphatic rings. The summed E-state index contributed by atoms with van der Waals surface area (Å²) in [6.45, 7) is 7.74. The molecule has 28 heavy (non-hydrogen) atoms. The molecule has 5 nitrogen and oxygen atoms in total. The molecule has 0 bridgehead atoms. The summed E-state index contributed by atoms with van der Waals surface area (Å²) in [5.74, 6) is 0. The zero-order chi connectivity index (χ0) is 21.1. The fourth-order valence-corrected chi connectivity index (χ4v) is 3.21. The number of nitrogens with zero attached hydrogens (tertiary/aromatic N) is 1. The maximum atomic E-state index is 10.1. The van der Waals surface area contributed by atoms with Gasteiger partial charge in [-0.25, -0.2) is 13.0 Å². The quantitative estimate of drug-likeness (QED) is 0.165. The summed E-state index contributed by atoms with van der Waals surface area (Å²) in [5, 5.41) is 0. The predicted octanol–water partition coefficient (Wildman–Crippen LogP) is 5.47. The van der Waals surface area contributed by atoms with Crippen LogP contribution >= 0.6 is 0 Å². The average Bonchev–Trinajstić information content (AvgIpc) is 2.64. The fraction of sp³-hybridized carbons (Fsp3) is 0.773. The first-order valence-corrected chi connectivity index (χ1v) is 12.3. The van der Waals surface area contributed by atoms with Gasteiger partial charge in [0.2, 0.25) is 10.4 Å². The van der Waals surface area contributed by atoms with Crippen molar-refractivity contribution in [3.8, 4) is 0 Å². The van der Waals surface area contributed by atoms with Crippen molar-refractivity contribution < 1.29 is 21.7 Å². The minimum Gasteiger partial charge on any atom is -0.726 e. The summed E-state index contributed by atoms with van der Waals surface area (Å²) >= 11 is 0. The largest absolute Gasteiger partial charge is 0.726 e. The maximum Gasteiger partial charge on any atom is 0.217 e. The van der Waals surface area contributed by atoms with E-state index < -0.39 is 10.4 Å². The van der Waals surface area contributed by atoms with Crippen LogP contribution in [0.5, 0.6) is 0 Å². The minimum absolute atomic E-state index is 0.0301. The summed E-state index contributed by atoms with van der Waals surface area (Å²) in [6, 6.07) is 4.23. The third kappa shape index (κ3) is 19.8. The highest BCUT2D eigenvalue weighted by molar-refractivity contribution is 7.80. The molecule has 0 spiro atoms. The molecule has 0 unspecified atom stereocenters. The summed E-state index contributed by atoms with van der Waals surface area (Å²) < 4.78 is 36.7. The van der Waals surface area contributed by atoms with Gasteiger partial charge in [-0.1, -0.05) is 78.1 Å². The summed E-state index contributed by atoms with van der Waals surface area (Å²) in [4.78, 5) is 0. The molecule has 0 saturated carbocycles. The van der Waals surface area contributed by atoms with Crippen molar-refractivity contribution in [1.29, 1.82) is 0 Å². The summed E-state index contributed by atoms with van der Waals surface area (Å²) in [5.41, 5.74) is 1.34. The molecule has 0 aromatic carbocycles. The van der Waals surface area contributed by atoms with Crippen molar-refractivity contribution >= 4 is 10.4 Å². The highest BCUT2D eigenvalue weighted by Gasteiger charge is 1.97. The molecule has 0 N–H and O–H groups in total. The highest BCUT2D eigenvalue weighted by Crippen LogP contribution is 2.10. The number of hydrogen-bond donors (Lipinski definition) is 0. The van der Waals surface area contributed by atoms with Crippen LogP contribution in [0.15, 0.2) is 24.5 Å². The highest BCUT2D eigenvalue weighted by atomic mass is 32.3. The van der Waals surface area contributed by atoms with E-state index >= 15 is 0 Å². The normalized spacial score (nSPS) is 11.1. The van der Waals surface area contributed by atoms with E-state index in [1.165, 1.54) is 63.4 Å². The average molecular weight is 416 g/mol. The van der Waals surface area contributed by atoms with E-state index in [4.69, 9.17) is 0 Å². The lowest BCUT2D eigenvalue weighted by molar-refractivity contribution is -0.697. The van der Waals surface area contributed by atoms with Crippen molar-refractivity contribution in [1.82, 2.24) is 0 Å². The topological polar surface area (TPSA) is 70.3 Å². The molecular weight excluding hydrogens is 374 g/mol. The molecule has 0 aliphatic carbocycles. The number of pyridine rings is 1. The van der Waals surface area contributed by atoms with E-state index in [0.29, 0.717) is 6.42 Å². The Labute approximate surface area is 173 Å². The number of aromatic nitrogens is 1. The monoisotopic (exact) mass is 415 g/mol. The first-order chi connectivity index (χ1) is 13.4. The molecule has 164 valence electrons. The van der Waals surface area contributed by atoms with Crippen molar-refractivity contribution in [3.05, 3.63) is 30.1 Å². The molecule has 1 aromatic heterocycles. The molecular formula is C22H41NO4S. The van der Waals surface area contributed by atoms with E-state index in [0.717, 1.165) is 19.4 Å². The minimum atomic E-state index is -4.48. The van der Waals surface area contributed by atoms with E-state index in [1.807, 2.05) is 0 Å². The smallest absolute Gasteiger partial charge is 0.217 e. The Kier molecular flexibility index (Phi) is 17.4. The molecule has 0 amide bonds.